The molecule has 0 aliphatic carbocycles. The van der Waals surface area contributed by atoms with E-state index < -0.39 is 0 Å². The minimum absolute atomic E-state index is 0.0625. The highest BCUT2D eigenvalue weighted by atomic mass is 16.1. The zero-order valence-corrected chi connectivity index (χ0v) is 11.1. The van der Waals surface area contributed by atoms with Gasteiger partial charge in [0, 0.05) is 37.2 Å². The molecule has 1 aromatic carbocycles. The number of carbonyl (C=O) groups excluding carboxylic acids is 1. The van der Waals surface area contributed by atoms with E-state index >= 15 is 0 Å². The Balaban J connectivity index is 2.06. The van der Waals surface area contributed by atoms with Gasteiger partial charge in [-0.05, 0) is 36.2 Å². The normalized spacial score (nSPS) is 10.0. The lowest BCUT2D eigenvalue weighted by atomic mass is 10.1. The van der Waals surface area contributed by atoms with Crippen molar-refractivity contribution in [1.29, 1.82) is 0 Å². The maximum Gasteiger partial charge on any atom is 0.221 e. The largest absolute Gasteiger partial charge is 0.381 e. The van der Waals surface area contributed by atoms with Crippen molar-refractivity contribution in [2.75, 3.05) is 10.6 Å². The predicted octanol–water partition coefficient (Wildman–Crippen LogP) is 2.96. The highest BCUT2D eigenvalue weighted by Gasteiger charge is 2.02. The van der Waals surface area contributed by atoms with E-state index in [-0.39, 0.29) is 5.91 Å². The summed E-state index contributed by atoms with van der Waals surface area (Å²) in [5.74, 6) is -0.0625. The number of aryl methyl sites for hydroxylation is 1. The molecule has 0 aliphatic rings. The summed E-state index contributed by atoms with van der Waals surface area (Å²) in [7, 11) is 0. The summed E-state index contributed by atoms with van der Waals surface area (Å²) in [5.41, 5.74) is 3.97. The molecule has 0 bridgehead atoms. The van der Waals surface area contributed by atoms with E-state index in [4.69, 9.17) is 0 Å². The average molecular weight is 255 g/mol. The molecule has 0 fully saturated rings. The Bertz CT molecular complexity index is 567. The number of anilines is 2. The smallest absolute Gasteiger partial charge is 0.221 e. The minimum Gasteiger partial charge on any atom is -0.381 e. The Labute approximate surface area is 112 Å². The van der Waals surface area contributed by atoms with Gasteiger partial charge in [0.15, 0.2) is 0 Å². The van der Waals surface area contributed by atoms with Gasteiger partial charge < -0.3 is 10.6 Å². The first-order valence-electron chi connectivity index (χ1n) is 6.16. The first kappa shape index (κ1) is 13.1. The summed E-state index contributed by atoms with van der Waals surface area (Å²) < 4.78 is 0. The third-order valence-corrected chi connectivity index (χ3v) is 2.77. The van der Waals surface area contributed by atoms with Crippen molar-refractivity contribution < 1.29 is 4.79 Å². The predicted molar refractivity (Wildman–Crippen MR) is 77.0 cm³/mol. The van der Waals surface area contributed by atoms with Crippen LogP contribution in [-0.2, 0) is 11.3 Å². The second-order valence-electron chi connectivity index (χ2n) is 4.43. The number of rotatable bonds is 4. The first-order chi connectivity index (χ1) is 9.15. The fourth-order valence-electron chi connectivity index (χ4n) is 1.76. The summed E-state index contributed by atoms with van der Waals surface area (Å²) in [6.07, 6.45) is 3.58. The third kappa shape index (κ3) is 3.81. The third-order valence-electron chi connectivity index (χ3n) is 2.77. The van der Waals surface area contributed by atoms with Gasteiger partial charge in [0.25, 0.3) is 0 Å². The number of aromatic nitrogens is 1. The highest BCUT2D eigenvalue weighted by Crippen LogP contribution is 2.20. The van der Waals surface area contributed by atoms with Crippen LogP contribution in [0.2, 0.25) is 0 Å². The summed E-state index contributed by atoms with van der Waals surface area (Å²) in [6, 6.07) is 9.85. The van der Waals surface area contributed by atoms with Crippen molar-refractivity contribution in [2.45, 2.75) is 20.4 Å². The lowest BCUT2D eigenvalue weighted by molar-refractivity contribution is -0.114. The molecule has 1 heterocycles. The molecular weight excluding hydrogens is 238 g/mol. The molecule has 0 spiro atoms. The SMILES string of the molecule is CC(=O)Nc1cc(NCc2cccnc2)ccc1C. The Morgan fingerprint density at radius 2 is 2.16 bits per heavy atom. The molecule has 2 N–H and O–H groups in total. The number of nitrogens with zero attached hydrogens (tertiary/aromatic N) is 1. The Morgan fingerprint density at radius 1 is 1.32 bits per heavy atom. The van der Waals surface area contributed by atoms with E-state index in [2.05, 4.69) is 15.6 Å². The maximum atomic E-state index is 11.1. The number of amides is 1. The van der Waals surface area contributed by atoms with E-state index in [0.717, 1.165) is 22.5 Å². The standard InChI is InChI=1S/C15H17N3O/c1-11-5-6-14(8-15(11)18-12(2)19)17-10-13-4-3-7-16-9-13/h3-9,17H,10H2,1-2H3,(H,18,19). The van der Waals surface area contributed by atoms with E-state index in [1.165, 1.54) is 6.92 Å². The monoisotopic (exact) mass is 255 g/mol. The zero-order valence-electron chi connectivity index (χ0n) is 11.1. The fourth-order valence-corrected chi connectivity index (χ4v) is 1.76. The van der Waals surface area contributed by atoms with Gasteiger partial charge in [-0.2, -0.15) is 0 Å². The van der Waals surface area contributed by atoms with Crippen LogP contribution in [0.5, 0.6) is 0 Å². The molecular formula is C15H17N3O. The van der Waals surface area contributed by atoms with Crippen LogP contribution < -0.4 is 10.6 Å². The molecule has 2 aromatic rings. The van der Waals surface area contributed by atoms with Crippen molar-refractivity contribution >= 4 is 17.3 Å². The molecule has 2 rings (SSSR count). The van der Waals surface area contributed by atoms with Crippen LogP contribution in [0.4, 0.5) is 11.4 Å². The Kier molecular flexibility index (Phi) is 4.13. The van der Waals surface area contributed by atoms with E-state index in [0.29, 0.717) is 6.54 Å². The van der Waals surface area contributed by atoms with Crippen molar-refractivity contribution in [3.8, 4) is 0 Å². The number of hydrogen-bond acceptors (Lipinski definition) is 3. The van der Waals surface area contributed by atoms with Gasteiger partial charge in [-0.1, -0.05) is 12.1 Å². The lowest BCUT2D eigenvalue weighted by Crippen LogP contribution is -2.08. The van der Waals surface area contributed by atoms with Crippen LogP contribution in [0.25, 0.3) is 0 Å². The van der Waals surface area contributed by atoms with Crippen LogP contribution >= 0.6 is 0 Å². The topological polar surface area (TPSA) is 54.0 Å². The van der Waals surface area contributed by atoms with Gasteiger partial charge in [-0.15, -0.1) is 0 Å². The molecule has 19 heavy (non-hydrogen) atoms. The maximum absolute atomic E-state index is 11.1. The van der Waals surface area contributed by atoms with Crippen LogP contribution in [0.15, 0.2) is 42.7 Å². The summed E-state index contributed by atoms with van der Waals surface area (Å²) in [4.78, 5) is 15.2. The molecule has 1 aromatic heterocycles. The number of benzene rings is 1. The molecule has 0 atom stereocenters. The van der Waals surface area contributed by atoms with Crippen molar-refractivity contribution in [3.05, 3.63) is 53.9 Å². The number of carbonyl (C=O) groups is 1. The van der Waals surface area contributed by atoms with Gasteiger partial charge in [0.05, 0.1) is 0 Å². The van der Waals surface area contributed by atoms with Gasteiger partial charge in [0.2, 0.25) is 5.91 Å². The first-order valence-corrected chi connectivity index (χ1v) is 6.16. The molecule has 1 amide bonds. The molecule has 0 radical (unpaired) electrons. The zero-order chi connectivity index (χ0) is 13.7. The second kappa shape index (κ2) is 6.00. The van der Waals surface area contributed by atoms with E-state index in [1.807, 2.05) is 43.5 Å². The van der Waals surface area contributed by atoms with Crippen molar-refractivity contribution in [3.63, 3.8) is 0 Å². The average Bonchev–Trinajstić information content (AvgIpc) is 2.40. The van der Waals surface area contributed by atoms with Crippen LogP contribution in [0.1, 0.15) is 18.1 Å². The van der Waals surface area contributed by atoms with E-state index in [9.17, 15) is 4.79 Å². The lowest BCUT2D eigenvalue weighted by Gasteiger charge is -2.11. The highest BCUT2D eigenvalue weighted by molar-refractivity contribution is 5.90. The molecule has 0 aliphatic heterocycles. The fraction of sp³-hybridized carbons (Fsp3) is 0.200. The van der Waals surface area contributed by atoms with Crippen LogP contribution in [0.3, 0.4) is 0 Å². The van der Waals surface area contributed by atoms with Gasteiger partial charge in [-0.3, -0.25) is 9.78 Å². The minimum atomic E-state index is -0.0625. The molecule has 4 nitrogen and oxygen atoms in total. The number of hydrogen-bond donors (Lipinski definition) is 2. The Morgan fingerprint density at radius 3 is 2.84 bits per heavy atom. The second-order valence-corrected chi connectivity index (χ2v) is 4.43. The number of nitrogens with one attached hydrogen (secondary N) is 2. The van der Waals surface area contributed by atoms with Gasteiger partial charge >= 0.3 is 0 Å². The summed E-state index contributed by atoms with van der Waals surface area (Å²) in [6.45, 7) is 4.18. The molecule has 0 unspecified atom stereocenters. The Hall–Kier alpha value is -2.36. The molecule has 0 saturated carbocycles. The quantitative estimate of drug-likeness (QED) is 0.883. The van der Waals surface area contributed by atoms with Gasteiger partial charge in [0.1, 0.15) is 0 Å². The molecule has 0 saturated heterocycles. The number of pyridine rings is 1. The van der Waals surface area contributed by atoms with Crippen molar-refractivity contribution in [2.24, 2.45) is 0 Å². The van der Waals surface area contributed by atoms with Gasteiger partial charge in [-0.25, -0.2) is 0 Å². The molecule has 4 heteroatoms. The van der Waals surface area contributed by atoms with Crippen LogP contribution in [-0.4, -0.2) is 10.9 Å². The molecule has 98 valence electrons. The van der Waals surface area contributed by atoms with E-state index in [1.54, 1.807) is 6.20 Å². The summed E-state index contributed by atoms with van der Waals surface area (Å²) in [5, 5.41) is 6.13. The van der Waals surface area contributed by atoms with Crippen molar-refractivity contribution in [1.82, 2.24) is 4.98 Å². The van der Waals surface area contributed by atoms with Crippen LogP contribution in [0, 0.1) is 6.92 Å². The summed E-state index contributed by atoms with van der Waals surface area (Å²) >= 11 is 0.